The van der Waals surface area contributed by atoms with Gasteiger partial charge in [0.2, 0.25) is 0 Å². The number of nitrogens with two attached hydrogens (primary N) is 1. The Labute approximate surface area is 119 Å². The van der Waals surface area contributed by atoms with E-state index in [1.54, 1.807) is 24.3 Å². The van der Waals surface area contributed by atoms with Gasteiger partial charge in [-0.1, -0.05) is 30.8 Å². The van der Waals surface area contributed by atoms with Crippen LogP contribution in [0.1, 0.15) is 24.8 Å². The molecule has 1 aromatic carbocycles. The number of hydrogen-bond acceptors (Lipinski definition) is 3. The van der Waals surface area contributed by atoms with Crippen molar-refractivity contribution < 1.29 is 8.42 Å². The van der Waals surface area contributed by atoms with Gasteiger partial charge >= 0.3 is 10.2 Å². The molecule has 1 heterocycles. The third-order valence-corrected chi connectivity index (χ3v) is 4.83. The Morgan fingerprint density at radius 2 is 1.84 bits per heavy atom. The highest BCUT2D eigenvalue weighted by Gasteiger charge is 2.24. The summed E-state index contributed by atoms with van der Waals surface area (Å²) in [4.78, 5) is 0.178. The fourth-order valence-corrected chi connectivity index (χ4v) is 3.60. The average molecular weight is 299 g/mol. The Bertz CT molecular complexity index is 566. The van der Waals surface area contributed by atoms with Gasteiger partial charge in [-0.3, -0.25) is 4.72 Å². The molecule has 0 amide bonds. The highest BCUT2D eigenvalue weighted by molar-refractivity contribution is 7.90. The number of benzene rings is 1. The lowest BCUT2D eigenvalue weighted by Gasteiger charge is -2.26. The van der Waals surface area contributed by atoms with E-state index in [0.717, 1.165) is 19.3 Å². The van der Waals surface area contributed by atoms with E-state index in [1.165, 1.54) is 4.31 Å². The fourth-order valence-electron chi connectivity index (χ4n) is 2.10. The van der Waals surface area contributed by atoms with Crippen molar-refractivity contribution in [3.63, 3.8) is 0 Å². The predicted octanol–water partition coefficient (Wildman–Crippen LogP) is 1.46. The molecule has 0 bridgehead atoms. The van der Waals surface area contributed by atoms with Crippen LogP contribution in [0.2, 0.25) is 0 Å². The van der Waals surface area contributed by atoms with Gasteiger partial charge in [-0.25, -0.2) is 0 Å². The molecule has 1 aliphatic rings. The van der Waals surface area contributed by atoms with Gasteiger partial charge in [0.25, 0.3) is 0 Å². The van der Waals surface area contributed by atoms with Crippen molar-refractivity contribution in [3.8, 4) is 0 Å². The number of nitrogens with zero attached hydrogens (tertiary/aromatic N) is 1. The largest absolute Gasteiger partial charge is 0.389 e. The maximum absolute atomic E-state index is 12.3. The molecule has 1 fully saturated rings. The summed E-state index contributed by atoms with van der Waals surface area (Å²) in [7, 11) is -3.52. The zero-order valence-electron chi connectivity index (χ0n) is 10.5. The third-order valence-electron chi connectivity index (χ3n) is 3.09. The summed E-state index contributed by atoms with van der Waals surface area (Å²) in [6, 6.07) is 6.88. The van der Waals surface area contributed by atoms with Crippen LogP contribution in [0, 0.1) is 0 Å². The standard InChI is InChI=1S/C12H17N3O2S2/c13-12(18)10-6-2-3-7-11(10)14-19(16,17)15-8-4-1-5-9-15/h2-3,6-7,14H,1,4-5,8-9H2,(H2,13,18). The monoisotopic (exact) mass is 299 g/mol. The van der Waals surface area contributed by atoms with Crippen LogP contribution in [-0.4, -0.2) is 30.8 Å². The first kappa shape index (κ1) is 14.2. The minimum Gasteiger partial charge on any atom is -0.389 e. The van der Waals surface area contributed by atoms with Gasteiger partial charge in [0.15, 0.2) is 0 Å². The average Bonchev–Trinajstić information content (AvgIpc) is 2.39. The number of thiocarbonyl (C=S) groups is 1. The molecule has 0 unspecified atom stereocenters. The molecule has 2 rings (SSSR count). The topological polar surface area (TPSA) is 75.4 Å². The minimum absolute atomic E-state index is 0.178. The van der Waals surface area contributed by atoms with E-state index in [0.29, 0.717) is 24.3 Å². The summed E-state index contributed by atoms with van der Waals surface area (Å²) >= 11 is 4.92. The quantitative estimate of drug-likeness (QED) is 0.825. The van der Waals surface area contributed by atoms with Crippen molar-refractivity contribution in [1.82, 2.24) is 4.31 Å². The number of nitrogens with one attached hydrogen (secondary N) is 1. The van der Waals surface area contributed by atoms with Crippen LogP contribution >= 0.6 is 12.2 Å². The molecular formula is C12H17N3O2S2. The van der Waals surface area contributed by atoms with Gasteiger partial charge < -0.3 is 5.73 Å². The van der Waals surface area contributed by atoms with Gasteiger partial charge in [-0.05, 0) is 25.0 Å². The van der Waals surface area contributed by atoms with Gasteiger partial charge in [0, 0.05) is 18.7 Å². The number of hydrogen-bond donors (Lipinski definition) is 2. The highest BCUT2D eigenvalue weighted by atomic mass is 32.2. The van der Waals surface area contributed by atoms with Crippen LogP contribution in [0.3, 0.4) is 0 Å². The Hall–Kier alpha value is -1.18. The minimum atomic E-state index is -3.52. The zero-order valence-corrected chi connectivity index (χ0v) is 12.1. The van der Waals surface area contributed by atoms with Crippen molar-refractivity contribution in [3.05, 3.63) is 29.8 Å². The number of rotatable bonds is 4. The van der Waals surface area contributed by atoms with Crippen LogP contribution in [-0.2, 0) is 10.2 Å². The van der Waals surface area contributed by atoms with E-state index in [4.69, 9.17) is 18.0 Å². The van der Waals surface area contributed by atoms with E-state index in [9.17, 15) is 8.42 Å². The molecule has 1 saturated heterocycles. The second-order valence-electron chi connectivity index (χ2n) is 4.48. The Balaban J connectivity index is 2.22. The second-order valence-corrected chi connectivity index (χ2v) is 6.59. The number of para-hydroxylation sites is 1. The molecule has 0 atom stereocenters. The van der Waals surface area contributed by atoms with Crippen LogP contribution in [0.25, 0.3) is 0 Å². The lowest BCUT2D eigenvalue weighted by atomic mass is 10.2. The maximum atomic E-state index is 12.3. The molecule has 0 aromatic heterocycles. The first-order chi connectivity index (χ1) is 9.00. The van der Waals surface area contributed by atoms with E-state index in [-0.39, 0.29) is 4.99 Å². The van der Waals surface area contributed by atoms with Crippen LogP contribution < -0.4 is 10.5 Å². The first-order valence-electron chi connectivity index (χ1n) is 6.17. The molecule has 0 radical (unpaired) electrons. The van der Waals surface area contributed by atoms with Gasteiger partial charge in [-0.15, -0.1) is 0 Å². The molecule has 5 nitrogen and oxygen atoms in total. The molecule has 1 aliphatic heterocycles. The van der Waals surface area contributed by atoms with E-state index in [1.807, 2.05) is 0 Å². The first-order valence-corrected chi connectivity index (χ1v) is 8.02. The fraction of sp³-hybridized carbons (Fsp3) is 0.417. The summed E-state index contributed by atoms with van der Waals surface area (Å²) in [5.74, 6) is 0. The van der Waals surface area contributed by atoms with E-state index >= 15 is 0 Å². The maximum Gasteiger partial charge on any atom is 0.301 e. The summed E-state index contributed by atoms with van der Waals surface area (Å²) in [6.45, 7) is 1.12. The normalized spacial score (nSPS) is 17.1. The van der Waals surface area contributed by atoms with Crippen molar-refractivity contribution in [1.29, 1.82) is 0 Å². The number of piperidine rings is 1. The number of anilines is 1. The summed E-state index contributed by atoms with van der Waals surface area (Å²) in [5.41, 5.74) is 6.57. The lowest BCUT2D eigenvalue weighted by molar-refractivity contribution is 0.349. The Morgan fingerprint density at radius 1 is 1.21 bits per heavy atom. The molecule has 0 aliphatic carbocycles. The molecule has 0 spiro atoms. The van der Waals surface area contributed by atoms with Gasteiger partial charge in [-0.2, -0.15) is 12.7 Å². The van der Waals surface area contributed by atoms with Crippen LogP contribution in [0.15, 0.2) is 24.3 Å². The summed E-state index contributed by atoms with van der Waals surface area (Å²) < 4.78 is 28.6. The SMILES string of the molecule is NC(=S)c1ccccc1NS(=O)(=O)N1CCCCC1. The van der Waals surface area contributed by atoms with Crippen molar-refractivity contribution >= 4 is 33.1 Å². The highest BCUT2D eigenvalue weighted by Crippen LogP contribution is 2.20. The molecule has 104 valence electrons. The summed E-state index contributed by atoms with van der Waals surface area (Å²) in [5, 5.41) is 0. The Morgan fingerprint density at radius 3 is 2.47 bits per heavy atom. The molecule has 0 saturated carbocycles. The van der Waals surface area contributed by atoms with Crippen molar-refractivity contribution in [2.75, 3.05) is 17.8 Å². The second kappa shape index (κ2) is 5.85. The van der Waals surface area contributed by atoms with Crippen LogP contribution in [0.5, 0.6) is 0 Å². The lowest BCUT2D eigenvalue weighted by Crippen LogP contribution is -2.39. The summed E-state index contributed by atoms with van der Waals surface area (Å²) in [6.07, 6.45) is 2.88. The molecule has 1 aromatic rings. The predicted molar refractivity (Wildman–Crippen MR) is 80.3 cm³/mol. The van der Waals surface area contributed by atoms with Crippen molar-refractivity contribution in [2.24, 2.45) is 5.73 Å². The van der Waals surface area contributed by atoms with Gasteiger partial charge in [0.05, 0.1) is 5.69 Å². The molecule has 7 heteroatoms. The van der Waals surface area contributed by atoms with Gasteiger partial charge in [0.1, 0.15) is 4.99 Å². The van der Waals surface area contributed by atoms with Crippen molar-refractivity contribution in [2.45, 2.75) is 19.3 Å². The Kier molecular flexibility index (Phi) is 4.38. The van der Waals surface area contributed by atoms with E-state index in [2.05, 4.69) is 4.72 Å². The molecular weight excluding hydrogens is 282 g/mol. The van der Waals surface area contributed by atoms with E-state index < -0.39 is 10.2 Å². The third kappa shape index (κ3) is 3.43. The molecule has 19 heavy (non-hydrogen) atoms. The molecule has 3 N–H and O–H groups in total. The zero-order chi connectivity index (χ0) is 13.9. The van der Waals surface area contributed by atoms with Crippen LogP contribution in [0.4, 0.5) is 5.69 Å². The smallest absolute Gasteiger partial charge is 0.301 e.